The largest absolute Gasteiger partial charge is 0.464 e. The number of anilines is 1. The highest BCUT2D eigenvalue weighted by molar-refractivity contribution is 9.10. The molecule has 2 saturated heterocycles. The van der Waals surface area contributed by atoms with E-state index in [-0.39, 0.29) is 12.0 Å². The number of aromatic nitrogens is 1. The van der Waals surface area contributed by atoms with Crippen LogP contribution >= 0.6 is 15.9 Å². The number of nitrogens with zero attached hydrogens (tertiary/aromatic N) is 3. The van der Waals surface area contributed by atoms with Gasteiger partial charge in [0.15, 0.2) is 0 Å². The smallest absolute Gasteiger partial charge is 0.323 e. The van der Waals surface area contributed by atoms with Crippen LogP contribution in [0.15, 0.2) is 22.8 Å². The highest BCUT2D eigenvalue weighted by Gasteiger charge is 2.34. The van der Waals surface area contributed by atoms with Crippen LogP contribution in [0.5, 0.6) is 0 Å². The normalized spacial score (nSPS) is 24.6. The number of ether oxygens (including phenoxy) is 1. The molecule has 5 nitrogen and oxygen atoms in total. The number of piperazine rings is 1. The van der Waals surface area contributed by atoms with E-state index in [0.29, 0.717) is 6.61 Å². The number of cyclic esters (lactones) is 1. The summed E-state index contributed by atoms with van der Waals surface area (Å²) in [5.41, 5.74) is 0. The molecule has 0 unspecified atom stereocenters. The minimum atomic E-state index is -0.0600. The van der Waals surface area contributed by atoms with Gasteiger partial charge in [-0.05, 0) is 28.1 Å². The van der Waals surface area contributed by atoms with Crippen LogP contribution in [0.2, 0.25) is 0 Å². The van der Waals surface area contributed by atoms with Crippen molar-refractivity contribution in [2.75, 3.05) is 37.7 Å². The molecule has 0 N–H and O–H groups in total. The lowest BCUT2D eigenvalue weighted by Gasteiger charge is -2.37. The van der Waals surface area contributed by atoms with Crippen molar-refractivity contribution in [2.24, 2.45) is 0 Å². The van der Waals surface area contributed by atoms with Crippen molar-refractivity contribution in [1.82, 2.24) is 9.88 Å². The zero-order valence-electron chi connectivity index (χ0n) is 10.6. The van der Waals surface area contributed by atoms with Crippen molar-refractivity contribution in [1.29, 1.82) is 0 Å². The van der Waals surface area contributed by atoms with Crippen LogP contribution in [0.1, 0.15) is 6.42 Å². The number of esters is 1. The Morgan fingerprint density at radius 2 is 2.05 bits per heavy atom. The maximum Gasteiger partial charge on any atom is 0.323 e. The fourth-order valence-corrected chi connectivity index (χ4v) is 2.87. The molecule has 0 bridgehead atoms. The van der Waals surface area contributed by atoms with E-state index in [0.717, 1.165) is 42.9 Å². The molecule has 102 valence electrons. The summed E-state index contributed by atoms with van der Waals surface area (Å²) in [5, 5.41) is 0. The molecule has 1 aromatic heterocycles. The van der Waals surface area contributed by atoms with Crippen molar-refractivity contribution in [3.05, 3.63) is 22.8 Å². The number of pyridine rings is 1. The molecule has 3 heterocycles. The molecule has 6 heteroatoms. The second-order valence-electron chi connectivity index (χ2n) is 4.83. The van der Waals surface area contributed by atoms with E-state index < -0.39 is 0 Å². The fraction of sp³-hybridized carbons (Fsp3) is 0.538. The van der Waals surface area contributed by atoms with E-state index in [1.807, 2.05) is 18.3 Å². The lowest BCUT2D eigenvalue weighted by Crippen LogP contribution is -2.51. The Hall–Kier alpha value is -1.14. The van der Waals surface area contributed by atoms with Gasteiger partial charge in [0.2, 0.25) is 0 Å². The van der Waals surface area contributed by atoms with Gasteiger partial charge in [-0.25, -0.2) is 4.98 Å². The predicted octanol–water partition coefficient (Wildman–Crippen LogP) is 1.28. The molecule has 1 aromatic rings. The Morgan fingerprint density at radius 3 is 2.63 bits per heavy atom. The minimum absolute atomic E-state index is 0.0278. The number of hydrogen-bond acceptors (Lipinski definition) is 5. The average molecular weight is 326 g/mol. The molecule has 2 aliphatic rings. The first-order valence-electron chi connectivity index (χ1n) is 6.51. The van der Waals surface area contributed by atoms with E-state index >= 15 is 0 Å². The first kappa shape index (κ1) is 12.9. The van der Waals surface area contributed by atoms with Gasteiger partial charge in [0.05, 0.1) is 6.61 Å². The molecular formula is C13H16BrN3O2. The van der Waals surface area contributed by atoms with Gasteiger partial charge in [-0.2, -0.15) is 0 Å². The van der Waals surface area contributed by atoms with Gasteiger partial charge >= 0.3 is 5.97 Å². The predicted molar refractivity (Wildman–Crippen MR) is 75.1 cm³/mol. The van der Waals surface area contributed by atoms with Gasteiger partial charge in [0, 0.05) is 43.3 Å². The topological polar surface area (TPSA) is 45.7 Å². The van der Waals surface area contributed by atoms with E-state index in [2.05, 4.69) is 30.7 Å². The van der Waals surface area contributed by atoms with Crippen LogP contribution < -0.4 is 4.90 Å². The first-order valence-corrected chi connectivity index (χ1v) is 7.30. The van der Waals surface area contributed by atoms with Gasteiger partial charge in [-0.15, -0.1) is 0 Å². The van der Waals surface area contributed by atoms with Crippen LogP contribution in [-0.2, 0) is 9.53 Å². The van der Waals surface area contributed by atoms with Crippen LogP contribution in [0.4, 0.5) is 5.82 Å². The SMILES string of the molecule is O=C1OCC[C@H]1N1CCN(c2ccc(Br)cn2)CC1. The van der Waals surface area contributed by atoms with Crippen LogP contribution in [0, 0.1) is 0 Å². The molecular weight excluding hydrogens is 310 g/mol. The molecule has 0 aliphatic carbocycles. The number of carbonyl (C=O) groups is 1. The molecule has 0 radical (unpaired) electrons. The van der Waals surface area contributed by atoms with Crippen LogP contribution in [0.3, 0.4) is 0 Å². The number of rotatable bonds is 2. The monoisotopic (exact) mass is 325 g/mol. The molecule has 19 heavy (non-hydrogen) atoms. The Bertz CT molecular complexity index is 457. The molecule has 2 fully saturated rings. The fourth-order valence-electron chi connectivity index (χ4n) is 2.63. The molecule has 0 spiro atoms. The van der Waals surface area contributed by atoms with E-state index in [4.69, 9.17) is 4.74 Å². The van der Waals surface area contributed by atoms with Crippen molar-refractivity contribution >= 4 is 27.7 Å². The highest BCUT2D eigenvalue weighted by atomic mass is 79.9. The third-order valence-corrected chi connectivity index (χ3v) is 4.17. The summed E-state index contributed by atoms with van der Waals surface area (Å²) in [5.74, 6) is 0.937. The first-order chi connectivity index (χ1) is 9.24. The third kappa shape index (κ3) is 2.74. The Labute approximate surface area is 120 Å². The van der Waals surface area contributed by atoms with Gasteiger partial charge in [-0.3, -0.25) is 9.69 Å². The number of halogens is 1. The molecule has 1 atom stereocenters. The summed E-state index contributed by atoms with van der Waals surface area (Å²) in [6, 6.07) is 3.99. The maximum absolute atomic E-state index is 11.6. The van der Waals surface area contributed by atoms with E-state index in [1.54, 1.807) is 0 Å². The summed E-state index contributed by atoms with van der Waals surface area (Å²) in [6.07, 6.45) is 2.64. The minimum Gasteiger partial charge on any atom is -0.464 e. The van der Waals surface area contributed by atoms with Gasteiger partial charge in [-0.1, -0.05) is 0 Å². The summed E-state index contributed by atoms with van der Waals surface area (Å²) in [4.78, 5) is 20.5. The number of carbonyl (C=O) groups excluding carboxylic acids is 1. The van der Waals surface area contributed by atoms with Crippen LogP contribution in [0.25, 0.3) is 0 Å². The second kappa shape index (κ2) is 5.46. The molecule has 0 aromatic carbocycles. The van der Waals surface area contributed by atoms with Crippen LogP contribution in [-0.4, -0.2) is 54.7 Å². The zero-order valence-corrected chi connectivity index (χ0v) is 12.2. The van der Waals surface area contributed by atoms with Crippen molar-refractivity contribution in [3.8, 4) is 0 Å². The lowest BCUT2D eigenvalue weighted by atomic mass is 10.2. The molecule has 3 rings (SSSR count). The summed E-state index contributed by atoms with van der Waals surface area (Å²) < 4.78 is 6.02. The Morgan fingerprint density at radius 1 is 1.26 bits per heavy atom. The Kier molecular flexibility index (Phi) is 3.70. The third-order valence-electron chi connectivity index (χ3n) is 3.70. The zero-order chi connectivity index (χ0) is 13.2. The van der Waals surface area contributed by atoms with Gasteiger partial charge in [0.1, 0.15) is 11.9 Å². The standard InChI is InChI=1S/C13H16BrN3O2/c14-10-1-2-12(15-9-10)17-6-4-16(5-7-17)11-3-8-19-13(11)18/h1-2,9,11H,3-8H2/t11-/m1/s1. The van der Waals surface area contributed by atoms with Gasteiger partial charge in [0.25, 0.3) is 0 Å². The van der Waals surface area contributed by atoms with E-state index in [1.165, 1.54) is 0 Å². The molecule has 0 amide bonds. The van der Waals surface area contributed by atoms with E-state index in [9.17, 15) is 4.79 Å². The highest BCUT2D eigenvalue weighted by Crippen LogP contribution is 2.20. The van der Waals surface area contributed by atoms with Crippen molar-refractivity contribution in [3.63, 3.8) is 0 Å². The molecule has 0 saturated carbocycles. The maximum atomic E-state index is 11.6. The molecule has 2 aliphatic heterocycles. The number of hydrogen-bond donors (Lipinski definition) is 0. The average Bonchev–Trinajstić information content (AvgIpc) is 2.86. The van der Waals surface area contributed by atoms with Gasteiger partial charge < -0.3 is 9.64 Å². The van der Waals surface area contributed by atoms with Crippen molar-refractivity contribution < 1.29 is 9.53 Å². The summed E-state index contributed by atoms with van der Waals surface area (Å²) in [7, 11) is 0. The van der Waals surface area contributed by atoms with Crippen molar-refractivity contribution in [2.45, 2.75) is 12.5 Å². The second-order valence-corrected chi connectivity index (χ2v) is 5.75. The summed E-state index contributed by atoms with van der Waals surface area (Å²) in [6.45, 7) is 4.14. The quantitative estimate of drug-likeness (QED) is 0.766. The summed E-state index contributed by atoms with van der Waals surface area (Å²) >= 11 is 3.39. The Balaban J connectivity index is 1.60. The lowest BCUT2D eigenvalue weighted by molar-refractivity contribution is -0.142.